The quantitative estimate of drug-likeness (QED) is 0.782. The zero-order valence-corrected chi connectivity index (χ0v) is 9.14. The zero-order chi connectivity index (χ0) is 11.6. The number of imidazole rings is 1. The molecular weight excluding hydrogens is 196 g/mol. The summed E-state index contributed by atoms with van der Waals surface area (Å²) in [5.41, 5.74) is -0.683. The Kier molecular flexibility index (Phi) is 3.14. The molecule has 1 rings (SSSR count). The highest BCUT2D eigenvalue weighted by molar-refractivity contribution is 5.74. The molecule has 0 bridgehead atoms. The highest BCUT2D eigenvalue weighted by Gasteiger charge is 2.38. The summed E-state index contributed by atoms with van der Waals surface area (Å²) < 4.78 is 1.73. The molecule has 1 aromatic rings. The molecule has 1 aromatic heterocycles. The number of carboxylic acids is 1. The van der Waals surface area contributed by atoms with Crippen LogP contribution >= 0.6 is 0 Å². The van der Waals surface area contributed by atoms with E-state index >= 15 is 0 Å². The van der Waals surface area contributed by atoms with Gasteiger partial charge < -0.3 is 14.8 Å². The van der Waals surface area contributed by atoms with Crippen molar-refractivity contribution in [2.75, 3.05) is 0 Å². The molecule has 0 amide bonds. The van der Waals surface area contributed by atoms with Crippen LogP contribution in [0.4, 0.5) is 0 Å². The summed E-state index contributed by atoms with van der Waals surface area (Å²) in [6.45, 7) is 5.55. The molecule has 0 aromatic carbocycles. The molecule has 1 heterocycles. The molecule has 5 heteroatoms. The Morgan fingerprint density at radius 1 is 1.67 bits per heavy atom. The number of aromatic nitrogens is 2. The second-order valence-corrected chi connectivity index (χ2v) is 4.03. The van der Waals surface area contributed by atoms with Crippen LogP contribution in [0.1, 0.15) is 32.6 Å². The van der Waals surface area contributed by atoms with Crippen molar-refractivity contribution < 1.29 is 15.0 Å². The van der Waals surface area contributed by atoms with E-state index in [-0.39, 0.29) is 0 Å². The van der Waals surface area contributed by atoms with Gasteiger partial charge in [-0.25, -0.2) is 4.98 Å². The molecule has 0 aliphatic rings. The number of rotatable bonds is 4. The van der Waals surface area contributed by atoms with Crippen molar-refractivity contribution in [1.29, 1.82) is 0 Å². The van der Waals surface area contributed by atoms with Gasteiger partial charge in [0, 0.05) is 6.54 Å². The minimum absolute atomic E-state index is 0.532. The Labute approximate surface area is 88.4 Å². The highest BCUT2D eigenvalue weighted by Crippen LogP contribution is 2.33. The summed E-state index contributed by atoms with van der Waals surface area (Å²) in [7, 11) is 0. The standard InChI is InChI=1S/C10H16N2O3/c1-4-12-6-11-5-7(12)8(13)10(2,3)9(14)15/h5-6,8,13H,4H2,1-3H3,(H,14,15). The van der Waals surface area contributed by atoms with E-state index in [1.165, 1.54) is 20.0 Å². The number of carboxylic acid groups (broad SMARTS) is 1. The van der Waals surface area contributed by atoms with Crippen LogP contribution in [-0.4, -0.2) is 25.7 Å². The number of hydrogen-bond acceptors (Lipinski definition) is 3. The minimum Gasteiger partial charge on any atom is -0.481 e. The molecule has 0 spiro atoms. The Hall–Kier alpha value is -1.36. The van der Waals surface area contributed by atoms with Crippen LogP contribution in [0, 0.1) is 5.41 Å². The van der Waals surface area contributed by atoms with Crippen molar-refractivity contribution in [2.24, 2.45) is 5.41 Å². The first-order chi connectivity index (χ1) is 6.91. The van der Waals surface area contributed by atoms with Gasteiger partial charge in [0.15, 0.2) is 0 Å². The van der Waals surface area contributed by atoms with Crippen molar-refractivity contribution >= 4 is 5.97 Å². The number of aliphatic hydroxyl groups is 1. The maximum atomic E-state index is 11.0. The molecule has 5 nitrogen and oxygen atoms in total. The van der Waals surface area contributed by atoms with Gasteiger partial charge in [0.25, 0.3) is 0 Å². The lowest BCUT2D eigenvalue weighted by Crippen LogP contribution is -2.32. The van der Waals surface area contributed by atoms with Crippen LogP contribution < -0.4 is 0 Å². The van der Waals surface area contributed by atoms with Crippen LogP contribution in [0.3, 0.4) is 0 Å². The fourth-order valence-electron chi connectivity index (χ4n) is 1.31. The third kappa shape index (κ3) is 2.02. The number of aryl methyl sites for hydroxylation is 1. The van der Waals surface area contributed by atoms with Gasteiger partial charge in [-0.15, -0.1) is 0 Å². The molecule has 0 saturated heterocycles. The predicted molar refractivity (Wildman–Crippen MR) is 54.3 cm³/mol. The van der Waals surface area contributed by atoms with Gasteiger partial charge in [0.2, 0.25) is 0 Å². The molecule has 0 aliphatic heterocycles. The fourth-order valence-corrected chi connectivity index (χ4v) is 1.31. The van der Waals surface area contributed by atoms with Crippen LogP contribution in [0.15, 0.2) is 12.5 Å². The topological polar surface area (TPSA) is 75.3 Å². The van der Waals surface area contributed by atoms with Crippen molar-refractivity contribution in [3.63, 3.8) is 0 Å². The van der Waals surface area contributed by atoms with Gasteiger partial charge in [-0.1, -0.05) is 0 Å². The Balaban J connectivity index is 3.03. The van der Waals surface area contributed by atoms with Crippen molar-refractivity contribution in [3.05, 3.63) is 18.2 Å². The van der Waals surface area contributed by atoms with E-state index in [1.807, 2.05) is 6.92 Å². The smallest absolute Gasteiger partial charge is 0.312 e. The minimum atomic E-state index is -1.22. The van der Waals surface area contributed by atoms with Gasteiger partial charge in [0.05, 0.1) is 23.6 Å². The first-order valence-corrected chi connectivity index (χ1v) is 4.82. The fraction of sp³-hybridized carbons (Fsp3) is 0.600. The molecule has 2 N–H and O–H groups in total. The number of hydrogen-bond donors (Lipinski definition) is 2. The van der Waals surface area contributed by atoms with Crippen molar-refractivity contribution in [3.8, 4) is 0 Å². The van der Waals surface area contributed by atoms with Crippen molar-refractivity contribution in [2.45, 2.75) is 33.4 Å². The number of aliphatic hydroxyl groups excluding tert-OH is 1. The zero-order valence-electron chi connectivity index (χ0n) is 9.14. The van der Waals surface area contributed by atoms with E-state index in [1.54, 1.807) is 10.9 Å². The Bertz CT molecular complexity index is 357. The SMILES string of the molecule is CCn1cncc1C(O)C(C)(C)C(=O)O. The first-order valence-electron chi connectivity index (χ1n) is 4.82. The predicted octanol–water partition coefficient (Wildman–Crippen LogP) is 1.05. The summed E-state index contributed by atoms with van der Waals surface area (Å²) in [6, 6.07) is 0. The lowest BCUT2D eigenvalue weighted by atomic mass is 9.85. The van der Waals surface area contributed by atoms with E-state index in [9.17, 15) is 9.90 Å². The third-order valence-corrected chi connectivity index (χ3v) is 2.60. The van der Waals surface area contributed by atoms with Gasteiger partial charge in [0.1, 0.15) is 6.10 Å². The second kappa shape index (κ2) is 4.02. The molecule has 1 unspecified atom stereocenters. The monoisotopic (exact) mass is 212 g/mol. The molecule has 0 saturated carbocycles. The van der Waals surface area contributed by atoms with Crippen LogP contribution in [0.5, 0.6) is 0 Å². The Morgan fingerprint density at radius 2 is 2.27 bits per heavy atom. The lowest BCUT2D eigenvalue weighted by Gasteiger charge is -2.26. The normalized spacial score (nSPS) is 13.9. The maximum absolute atomic E-state index is 11.0. The third-order valence-electron chi connectivity index (χ3n) is 2.60. The lowest BCUT2D eigenvalue weighted by molar-refractivity contribution is -0.154. The van der Waals surface area contributed by atoms with E-state index in [4.69, 9.17) is 5.11 Å². The summed E-state index contributed by atoms with van der Waals surface area (Å²) >= 11 is 0. The molecular formula is C10H16N2O3. The molecule has 1 atom stereocenters. The number of aliphatic carboxylic acids is 1. The molecule has 0 radical (unpaired) electrons. The van der Waals surface area contributed by atoms with E-state index in [0.29, 0.717) is 12.2 Å². The Morgan fingerprint density at radius 3 is 2.73 bits per heavy atom. The molecule has 15 heavy (non-hydrogen) atoms. The van der Waals surface area contributed by atoms with Gasteiger partial charge in [-0.2, -0.15) is 0 Å². The van der Waals surface area contributed by atoms with E-state index < -0.39 is 17.5 Å². The van der Waals surface area contributed by atoms with Crippen LogP contribution in [0.25, 0.3) is 0 Å². The number of nitrogens with zero attached hydrogens (tertiary/aromatic N) is 2. The summed E-state index contributed by atoms with van der Waals surface area (Å²) in [4.78, 5) is 14.9. The molecule has 84 valence electrons. The first kappa shape index (κ1) is 11.7. The summed E-state index contributed by atoms with van der Waals surface area (Å²) in [6.07, 6.45) is 2.02. The molecule has 0 aliphatic carbocycles. The molecule has 0 fully saturated rings. The second-order valence-electron chi connectivity index (χ2n) is 4.03. The average Bonchev–Trinajstić information content (AvgIpc) is 2.63. The van der Waals surface area contributed by atoms with Crippen LogP contribution in [-0.2, 0) is 11.3 Å². The van der Waals surface area contributed by atoms with Crippen LogP contribution in [0.2, 0.25) is 0 Å². The van der Waals surface area contributed by atoms with E-state index in [0.717, 1.165) is 0 Å². The number of carbonyl (C=O) groups is 1. The van der Waals surface area contributed by atoms with Gasteiger partial charge >= 0.3 is 5.97 Å². The summed E-state index contributed by atoms with van der Waals surface area (Å²) in [5, 5.41) is 19.0. The highest BCUT2D eigenvalue weighted by atomic mass is 16.4. The van der Waals surface area contributed by atoms with Crippen molar-refractivity contribution in [1.82, 2.24) is 9.55 Å². The average molecular weight is 212 g/mol. The van der Waals surface area contributed by atoms with Gasteiger partial charge in [-0.3, -0.25) is 4.79 Å². The summed E-state index contributed by atoms with van der Waals surface area (Å²) in [5.74, 6) is -1.03. The largest absolute Gasteiger partial charge is 0.481 e. The van der Waals surface area contributed by atoms with Gasteiger partial charge in [-0.05, 0) is 20.8 Å². The maximum Gasteiger partial charge on any atom is 0.312 e. The van der Waals surface area contributed by atoms with E-state index in [2.05, 4.69) is 4.98 Å².